The van der Waals surface area contributed by atoms with Crippen LogP contribution in [0.15, 0.2) is 49.1 Å². The highest BCUT2D eigenvalue weighted by atomic mass is 35.5. The fraction of sp³-hybridized carbons (Fsp3) is 0.421. The number of nitrogens with one attached hydrogen (secondary N) is 1. The van der Waals surface area contributed by atoms with Crippen LogP contribution < -0.4 is 5.32 Å². The van der Waals surface area contributed by atoms with Crippen molar-refractivity contribution >= 4 is 18.2 Å². The van der Waals surface area contributed by atoms with Crippen molar-refractivity contribution in [2.75, 3.05) is 13.1 Å². The molecule has 1 aliphatic heterocycles. The SMILES string of the molecule is Cl.c1ccc(CN(Cc2cn3cccnc3n2)C2CCCNCC2)nc1. The van der Waals surface area contributed by atoms with Gasteiger partial charge in [0.05, 0.1) is 11.4 Å². The maximum Gasteiger partial charge on any atom is 0.233 e. The van der Waals surface area contributed by atoms with Gasteiger partial charge in [-0.25, -0.2) is 9.97 Å². The van der Waals surface area contributed by atoms with Crippen LogP contribution in [-0.2, 0) is 13.1 Å². The van der Waals surface area contributed by atoms with Gasteiger partial charge in [0.1, 0.15) is 0 Å². The number of pyridine rings is 1. The molecule has 4 heterocycles. The zero-order valence-electron chi connectivity index (χ0n) is 14.8. The maximum absolute atomic E-state index is 4.69. The van der Waals surface area contributed by atoms with Gasteiger partial charge in [0, 0.05) is 43.9 Å². The Kier molecular flexibility index (Phi) is 6.55. The summed E-state index contributed by atoms with van der Waals surface area (Å²) < 4.78 is 1.99. The standard InChI is InChI=1S/C19H24N6.ClH/c1-2-9-21-16(5-1)13-25(18-6-3-8-20-11-7-18)15-17-14-24-12-4-10-22-19(24)23-17;/h1-2,4-5,9-10,12,14,18,20H,3,6-8,11,13,15H2;1H. The summed E-state index contributed by atoms with van der Waals surface area (Å²) in [7, 11) is 0. The van der Waals surface area contributed by atoms with Gasteiger partial charge in [-0.2, -0.15) is 0 Å². The van der Waals surface area contributed by atoms with Crippen molar-refractivity contribution in [1.29, 1.82) is 0 Å². The summed E-state index contributed by atoms with van der Waals surface area (Å²) in [5.74, 6) is 0.762. The number of imidazole rings is 1. The molecular weight excluding hydrogens is 348 g/mol. The fourth-order valence-electron chi connectivity index (χ4n) is 3.54. The van der Waals surface area contributed by atoms with Crippen LogP contribution in [-0.4, -0.2) is 43.4 Å². The van der Waals surface area contributed by atoms with E-state index in [-0.39, 0.29) is 12.4 Å². The van der Waals surface area contributed by atoms with Crippen molar-refractivity contribution in [1.82, 2.24) is 29.6 Å². The van der Waals surface area contributed by atoms with E-state index in [2.05, 4.69) is 43.5 Å². The molecule has 1 aliphatic rings. The molecule has 0 aliphatic carbocycles. The molecule has 0 amide bonds. The lowest BCUT2D eigenvalue weighted by Crippen LogP contribution is -2.35. The average molecular weight is 373 g/mol. The second kappa shape index (κ2) is 9.07. The zero-order valence-corrected chi connectivity index (χ0v) is 15.6. The van der Waals surface area contributed by atoms with E-state index in [0.29, 0.717) is 6.04 Å². The second-order valence-electron chi connectivity index (χ2n) is 6.62. The Morgan fingerprint density at radius 1 is 1.04 bits per heavy atom. The topological polar surface area (TPSA) is 58.4 Å². The van der Waals surface area contributed by atoms with Gasteiger partial charge in [-0.3, -0.25) is 14.3 Å². The monoisotopic (exact) mass is 372 g/mol. The summed E-state index contributed by atoms with van der Waals surface area (Å²) in [5.41, 5.74) is 2.17. The Hall–Kier alpha value is -2.02. The minimum absolute atomic E-state index is 0. The van der Waals surface area contributed by atoms with Crippen molar-refractivity contribution in [3.8, 4) is 0 Å². The molecule has 4 rings (SSSR count). The van der Waals surface area contributed by atoms with Crippen LogP contribution in [0.1, 0.15) is 30.7 Å². The molecule has 138 valence electrons. The van der Waals surface area contributed by atoms with Crippen molar-refractivity contribution < 1.29 is 0 Å². The molecule has 1 fully saturated rings. The third-order valence-electron chi connectivity index (χ3n) is 4.80. The molecule has 0 saturated carbocycles. The van der Waals surface area contributed by atoms with Gasteiger partial charge in [0.25, 0.3) is 0 Å². The highest BCUT2D eigenvalue weighted by Gasteiger charge is 2.22. The van der Waals surface area contributed by atoms with Gasteiger partial charge < -0.3 is 5.32 Å². The minimum Gasteiger partial charge on any atom is -0.317 e. The molecule has 1 N–H and O–H groups in total. The summed E-state index contributed by atoms with van der Waals surface area (Å²) in [6, 6.07) is 8.62. The minimum atomic E-state index is 0. The van der Waals surface area contributed by atoms with E-state index in [9.17, 15) is 0 Å². The largest absolute Gasteiger partial charge is 0.317 e. The summed E-state index contributed by atoms with van der Waals surface area (Å²) in [6.07, 6.45) is 11.3. The van der Waals surface area contributed by atoms with Crippen LogP contribution in [0.4, 0.5) is 0 Å². The second-order valence-corrected chi connectivity index (χ2v) is 6.62. The van der Waals surface area contributed by atoms with Crippen molar-refractivity contribution in [3.05, 3.63) is 60.4 Å². The number of halogens is 1. The molecule has 26 heavy (non-hydrogen) atoms. The molecule has 1 unspecified atom stereocenters. The van der Waals surface area contributed by atoms with Crippen LogP contribution in [0.5, 0.6) is 0 Å². The van der Waals surface area contributed by atoms with E-state index in [1.165, 1.54) is 19.3 Å². The number of hydrogen-bond donors (Lipinski definition) is 1. The first-order valence-electron chi connectivity index (χ1n) is 9.02. The summed E-state index contributed by atoms with van der Waals surface area (Å²) in [5, 5.41) is 3.51. The van der Waals surface area contributed by atoms with Crippen LogP contribution in [0, 0.1) is 0 Å². The molecule has 1 atom stereocenters. The van der Waals surface area contributed by atoms with E-state index in [1.54, 1.807) is 6.20 Å². The van der Waals surface area contributed by atoms with Crippen molar-refractivity contribution in [2.24, 2.45) is 0 Å². The van der Waals surface area contributed by atoms with E-state index >= 15 is 0 Å². The Labute approximate surface area is 160 Å². The normalized spacial score (nSPS) is 17.8. The zero-order chi connectivity index (χ0) is 16.9. The van der Waals surface area contributed by atoms with E-state index in [0.717, 1.165) is 43.3 Å². The van der Waals surface area contributed by atoms with Gasteiger partial charge >= 0.3 is 0 Å². The molecule has 3 aromatic heterocycles. The van der Waals surface area contributed by atoms with Crippen LogP contribution in [0.3, 0.4) is 0 Å². The Balaban J connectivity index is 0.00000196. The molecule has 0 aromatic carbocycles. The summed E-state index contributed by atoms with van der Waals surface area (Å²) >= 11 is 0. The molecule has 0 bridgehead atoms. The van der Waals surface area contributed by atoms with E-state index in [1.807, 2.05) is 28.9 Å². The first-order chi connectivity index (χ1) is 12.4. The molecule has 6 nitrogen and oxygen atoms in total. The Morgan fingerprint density at radius 3 is 2.77 bits per heavy atom. The first-order valence-corrected chi connectivity index (χ1v) is 9.02. The highest BCUT2D eigenvalue weighted by molar-refractivity contribution is 5.85. The Bertz CT molecular complexity index is 765. The molecular formula is C19H25ClN6. The van der Waals surface area contributed by atoms with Crippen molar-refractivity contribution in [2.45, 2.75) is 38.4 Å². The number of nitrogens with zero attached hydrogens (tertiary/aromatic N) is 5. The maximum atomic E-state index is 4.69. The quantitative estimate of drug-likeness (QED) is 0.746. The van der Waals surface area contributed by atoms with Gasteiger partial charge in [0.2, 0.25) is 5.78 Å². The predicted octanol–water partition coefficient (Wildman–Crippen LogP) is 2.69. The third kappa shape index (κ3) is 4.58. The van der Waals surface area contributed by atoms with Crippen LogP contribution in [0.25, 0.3) is 5.78 Å². The number of aromatic nitrogens is 4. The molecule has 0 radical (unpaired) electrons. The Morgan fingerprint density at radius 2 is 1.92 bits per heavy atom. The lowest BCUT2D eigenvalue weighted by Gasteiger charge is -2.30. The van der Waals surface area contributed by atoms with Gasteiger partial charge in [-0.05, 0) is 50.6 Å². The third-order valence-corrected chi connectivity index (χ3v) is 4.80. The van der Waals surface area contributed by atoms with E-state index in [4.69, 9.17) is 0 Å². The lowest BCUT2D eigenvalue weighted by atomic mass is 10.1. The first kappa shape index (κ1) is 18.8. The molecule has 1 saturated heterocycles. The molecule has 7 heteroatoms. The van der Waals surface area contributed by atoms with Crippen LogP contribution >= 0.6 is 12.4 Å². The predicted molar refractivity (Wildman–Crippen MR) is 104 cm³/mol. The average Bonchev–Trinajstić information content (AvgIpc) is 2.86. The molecule has 0 spiro atoms. The number of hydrogen-bond acceptors (Lipinski definition) is 5. The van der Waals surface area contributed by atoms with Gasteiger partial charge in [-0.15, -0.1) is 12.4 Å². The van der Waals surface area contributed by atoms with Crippen LogP contribution in [0.2, 0.25) is 0 Å². The lowest BCUT2D eigenvalue weighted by molar-refractivity contribution is 0.160. The van der Waals surface area contributed by atoms with Gasteiger partial charge in [0.15, 0.2) is 0 Å². The van der Waals surface area contributed by atoms with E-state index < -0.39 is 0 Å². The highest BCUT2D eigenvalue weighted by Crippen LogP contribution is 2.19. The molecule has 3 aromatic rings. The smallest absolute Gasteiger partial charge is 0.233 e. The fourth-order valence-corrected chi connectivity index (χ4v) is 3.54. The summed E-state index contributed by atoms with van der Waals surface area (Å²) in [6.45, 7) is 3.87. The number of rotatable bonds is 5. The van der Waals surface area contributed by atoms with Gasteiger partial charge in [-0.1, -0.05) is 6.07 Å². The van der Waals surface area contributed by atoms with Crippen molar-refractivity contribution in [3.63, 3.8) is 0 Å². The summed E-state index contributed by atoms with van der Waals surface area (Å²) in [4.78, 5) is 16.1. The number of fused-ring (bicyclic) bond motifs is 1.